The Morgan fingerprint density at radius 3 is 2.20 bits per heavy atom. The molecule has 5 nitrogen and oxygen atoms in total. The summed E-state index contributed by atoms with van der Waals surface area (Å²) in [4.78, 5) is 25.1. The first kappa shape index (κ1) is 17.3. The number of carboxylic acids is 1. The van der Waals surface area contributed by atoms with Gasteiger partial charge >= 0.3 is 5.97 Å². The Labute approximate surface area is 125 Å². The lowest BCUT2D eigenvalue weighted by Crippen LogP contribution is -2.47. The summed E-state index contributed by atoms with van der Waals surface area (Å²) in [5.41, 5.74) is 5.66. The molecule has 0 aromatic rings. The highest BCUT2D eigenvalue weighted by atomic mass is 32.2. The highest BCUT2D eigenvalue weighted by Gasteiger charge is 2.33. The molecule has 0 unspecified atom stereocenters. The van der Waals surface area contributed by atoms with Crippen LogP contribution in [-0.4, -0.2) is 51.5 Å². The van der Waals surface area contributed by atoms with Gasteiger partial charge < -0.3 is 15.7 Å². The number of thioether (sulfide) groups is 1. The van der Waals surface area contributed by atoms with Crippen LogP contribution in [0.3, 0.4) is 0 Å². The Morgan fingerprint density at radius 1 is 1.20 bits per heavy atom. The van der Waals surface area contributed by atoms with E-state index in [0.29, 0.717) is 5.75 Å². The molecule has 116 valence electrons. The van der Waals surface area contributed by atoms with Gasteiger partial charge in [-0.15, -0.1) is 11.8 Å². The van der Waals surface area contributed by atoms with Crippen LogP contribution in [0, 0.1) is 0 Å². The zero-order chi connectivity index (χ0) is 15.2. The predicted octanol–water partition coefficient (Wildman–Crippen LogP) is 1.70. The quantitative estimate of drug-likeness (QED) is 0.807. The number of hydrogen-bond acceptors (Lipinski definition) is 4. The Morgan fingerprint density at radius 2 is 1.70 bits per heavy atom. The fourth-order valence-electron chi connectivity index (χ4n) is 2.22. The van der Waals surface area contributed by atoms with Gasteiger partial charge in [0.1, 0.15) is 6.04 Å². The molecule has 1 fully saturated rings. The maximum absolute atomic E-state index is 12.2. The number of nitrogens with zero attached hydrogens (tertiary/aromatic N) is 1. The zero-order valence-corrected chi connectivity index (χ0v) is 13.2. The standard InChI is InChI=1S/C14H26N2O3S/c1-14(2,12(15)13(18)19)20-10-11(17)16-8-6-4-3-5-7-9-16/h12H,3-10,15H2,1-2H3,(H,18,19)/t12-/m0/s1. The molecule has 1 atom stereocenters. The van der Waals surface area contributed by atoms with Crippen molar-refractivity contribution in [2.45, 2.75) is 56.7 Å². The molecule has 0 aromatic carbocycles. The minimum atomic E-state index is -1.03. The summed E-state index contributed by atoms with van der Waals surface area (Å²) in [6.45, 7) is 5.20. The third kappa shape index (κ3) is 5.32. The predicted molar refractivity (Wildman–Crippen MR) is 81.8 cm³/mol. The molecule has 1 heterocycles. The summed E-state index contributed by atoms with van der Waals surface area (Å²) in [5.74, 6) is -0.627. The largest absolute Gasteiger partial charge is 0.480 e. The number of hydrogen-bond donors (Lipinski definition) is 2. The molecule has 0 aromatic heterocycles. The fraction of sp³-hybridized carbons (Fsp3) is 0.857. The van der Waals surface area contributed by atoms with Crippen molar-refractivity contribution in [2.24, 2.45) is 5.73 Å². The van der Waals surface area contributed by atoms with Crippen molar-refractivity contribution >= 4 is 23.6 Å². The van der Waals surface area contributed by atoms with Crippen molar-refractivity contribution in [3.8, 4) is 0 Å². The number of carbonyl (C=O) groups excluding carboxylic acids is 1. The van der Waals surface area contributed by atoms with E-state index >= 15 is 0 Å². The molecule has 0 spiro atoms. The van der Waals surface area contributed by atoms with Gasteiger partial charge in [-0.2, -0.15) is 0 Å². The third-order valence-electron chi connectivity index (χ3n) is 3.79. The monoisotopic (exact) mass is 302 g/mol. The SMILES string of the molecule is CC(C)(SCC(=O)N1CCCCCCC1)[C@@H](N)C(=O)O. The molecule has 6 heteroatoms. The van der Waals surface area contributed by atoms with Gasteiger partial charge in [-0.05, 0) is 26.7 Å². The molecule has 3 N–H and O–H groups in total. The summed E-state index contributed by atoms with van der Waals surface area (Å²) in [6.07, 6.45) is 5.76. The van der Waals surface area contributed by atoms with Crippen molar-refractivity contribution in [2.75, 3.05) is 18.8 Å². The van der Waals surface area contributed by atoms with Gasteiger partial charge in [0.25, 0.3) is 0 Å². The van der Waals surface area contributed by atoms with E-state index in [1.54, 1.807) is 13.8 Å². The van der Waals surface area contributed by atoms with Gasteiger partial charge in [-0.1, -0.05) is 19.3 Å². The molecule has 1 rings (SSSR count). The van der Waals surface area contributed by atoms with Crippen LogP contribution in [0.1, 0.15) is 46.0 Å². The molecule has 0 radical (unpaired) electrons. The Hall–Kier alpha value is -0.750. The molecule has 1 saturated heterocycles. The maximum Gasteiger partial charge on any atom is 0.321 e. The van der Waals surface area contributed by atoms with E-state index in [9.17, 15) is 9.59 Å². The first-order valence-electron chi connectivity index (χ1n) is 7.24. The van der Waals surface area contributed by atoms with Gasteiger partial charge in [-0.25, -0.2) is 0 Å². The van der Waals surface area contributed by atoms with E-state index in [4.69, 9.17) is 10.8 Å². The minimum absolute atomic E-state index is 0.0996. The lowest BCUT2D eigenvalue weighted by Gasteiger charge is -2.30. The van der Waals surface area contributed by atoms with Gasteiger partial charge in [0.2, 0.25) is 5.91 Å². The molecule has 0 saturated carbocycles. The summed E-state index contributed by atoms with van der Waals surface area (Å²) in [5, 5.41) is 8.97. The van der Waals surface area contributed by atoms with Crippen molar-refractivity contribution in [3.05, 3.63) is 0 Å². The van der Waals surface area contributed by atoms with E-state index in [1.165, 1.54) is 31.0 Å². The minimum Gasteiger partial charge on any atom is -0.480 e. The second-order valence-corrected chi connectivity index (χ2v) is 7.49. The Kier molecular flexibility index (Phi) is 6.82. The topological polar surface area (TPSA) is 83.6 Å². The second-order valence-electron chi connectivity index (χ2n) is 5.86. The number of likely N-dealkylation sites (tertiary alicyclic amines) is 1. The summed E-state index contributed by atoms with van der Waals surface area (Å²) in [6, 6.07) is -0.965. The van der Waals surface area contributed by atoms with Crippen molar-refractivity contribution in [3.63, 3.8) is 0 Å². The first-order valence-corrected chi connectivity index (χ1v) is 8.23. The number of nitrogens with two attached hydrogens (primary N) is 1. The summed E-state index contributed by atoms with van der Waals surface area (Å²) in [7, 11) is 0. The molecule has 20 heavy (non-hydrogen) atoms. The van der Waals surface area contributed by atoms with Gasteiger partial charge in [0, 0.05) is 17.8 Å². The molecule has 1 amide bonds. The first-order chi connectivity index (χ1) is 9.34. The highest BCUT2D eigenvalue weighted by Crippen LogP contribution is 2.28. The zero-order valence-electron chi connectivity index (χ0n) is 12.4. The Balaban J connectivity index is 2.46. The summed E-state index contributed by atoms with van der Waals surface area (Å²) < 4.78 is -0.649. The van der Waals surface area contributed by atoms with Crippen molar-refractivity contribution in [1.82, 2.24) is 4.90 Å². The lowest BCUT2D eigenvalue weighted by atomic mass is 10.1. The molecular formula is C14H26N2O3S. The number of rotatable bonds is 5. The highest BCUT2D eigenvalue weighted by molar-refractivity contribution is 8.01. The van der Waals surface area contributed by atoms with Gasteiger partial charge in [0.15, 0.2) is 0 Å². The average Bonchev–Trinajstić information content (AvgIpc) is 2.34. The van der Waals surface area contributed by atoms with Crippen LogP contribution in [0.15, 0.2) is 0 Å². The molecular weight excluding hydrogens is 276 g/mol. The van der Waals surface area contributed by atoms with Gasteiger partial charge in [0.05, 0.1) is 5.75 Å². The van der Waals surface area contributed by atoms with E-state index in [1.807, 2.05) is 4.90 Å². The number of aliphatic carboxylic acids is 1. The lowest BCUT2D eigenvalue weighted by molar-refractivity contribution is -0.139. The Bertz CT molecular complexity index is 339. The maximum atomic E-state index is 12.2. The van der Waals surface area contributed by atoms with Crippen LogP contribution >= 0.6 is 11.8 Å². The van der Waals surface area contributed by atoms with Gasteiger partial charge in [-0.3, -0.25) is 9.59 Å². The molecule has 0 bridgehead atoms. The van der Waals surface area contributed by atoms with E-state index in [-0.39, 0.29) is 5.91 Å². The van der Waals surface area contributed by atoms with E-state index < -0.39 is 16.8 Å². The van der Waals surface area contributed by atoms with Crippen LogP contribution in [0.2, 0.25) is 0 Å². The number of amides is 1. The molecule has 1 aliphatic rings. The van der Waals surface area contributed by atoms with E-state index in [0.717, 1.165) is 25.9 Å². The van der Waals surface area contributed by atoms with Crippen molar-refractivity contribution in [1.29, 1.82) is 0 Å². The number of carboxylic acid groups (broad SMARTS) is 1. The van der Waals surface area contributed by atoms with E-state index in [2.05, 4.69) is 0 Å². The fourth-order valence-corrected chi connectivity index (χ4v) is 3.18. The van der Waals surface area contributed by atoms with Crippen LogP contribution in [0.25, 0.3) is 0 Å². The summed E-state index contributed by atoms with van der Waals surface area (Å²) >= 11 is 1.33. The van der Waals surface area contributed by atoms with Crippen LogP contribution < -0.4 is 5.73 Å². The van der Waals surface area contributed by atoms with Crippen LogP contribution in [0.4, 0.5) is 0 Å². The van der Waals surface area contributed by atoms with Crippen molar-refractivity contribution < 1.29 is 14.7 Å². The van der Waals surface area contributed by atoms with Crippen LogP contribution in [-0.2, 0) is 9.59 Å². The third-order valence-corrected chi connectivity index (χ3v) is 5.18. The normalized spacial score (nSPS) is 19.1. The molecule has 1 aliphatic heterocycles. The van der Waals surface area contributed by atoms with Crippen LogP contribution in [0.5, 0.6) is 0 Å². The average molecular weight is 302 g/mol. The second kappa shape index (κ2) is 7.88. The number of carbonyl (C=O) groups is 2. The molecule has 0 aliphatic carbocycles. The smallest absolute Gasteiger partial charge is 0.321 e.